The lowest BCUT2D eigenvalue weighted by Gasteiger charge is -2.52. The number of aliphatic hydroxyl groups excluding tert-OH is 1. The maximum Gasteiger partial charge on any atom is 0.316 e. The number of carbonyl (C=O) groups is 1. The summed E-state index contributed by atoms with van der Waals surface area (Å²) in [5.74, 6) is -2.28. The standard InChI is InChI=1S/C32H46O8/c1-6-26-30(5,35)12-13-31(40-26)17-24-16-23(39-31)11-10-20(3)14-19(2)8-7-9-22-18-37-28-27(33)21(4)15-25(29(34)38-24)32(22,28)36/h7-10,15,19,23-28,33,35-36H,6,11-14,16-18H2,1-5H3/b8-7+,20-10+,22-9+/t19-,23+,24-,25-,26+,27+,28+,30+,31+,32+/m0/s1. The molecule has 4 aliphatic heterocycles. The smallest absolute Gasteiger partial charge is 0.316 e. The molecule has 4 heterocycles. The summed E-state index contributed by atoms with van der Waals surface area (Å²) in [5.41, 5.74) is -0.305. The summed E-state index contributed by atoms with van der Waals surface area (Å²) in [6.45, 7) is 9.91. The van der Waals surface area contributed by atoms with E-state index in [1.807, 2.05) is 19.1 Å². The highest BCUT2D eigenvalue weighted by atomic mass is 16.7. The molecule has 40 heavy (non-hydrogen) atoms. The summed E-state index contributed by atoms with van der Waals surface area (Å²) >= 11 is 0. The van der Waals surface area contributed by atoms with Crippen LogP contribution < -0.4 is 0 Å². The van der Waals surface area contributed by atoms with Crippen molar-refractivity contribution in [2.45, 2.75) is 127 Å². The molecule has 3 fully saturated rings. The first-order valence-electron chi connectivity index (χ1n) is 14.9. The van der Waals surface area contributed by atoms with E-state index < -0.39 is 53.3 Å². The molecule has 10 atom stereocenters. The SMILES string of the molecule is CC[C@H]1O[C@]2(CC[C@@]1(C)O)C[C@@H]1C[C@@H](C/C=C(\C)C[C@@H](C)/C=C/C=C3\CO[C@@H]4[C@H](O)C(C)=C[C@@H](C(=O)O1)[C@]34O)O2. The summed E-state index contributed by atoms with van der Waals surface area (Å²) in [4.78, 5) is 13.9. The molecule has 0 aromatic rings. The van der Waals surface area contributed by atoms with Gasteiger partial charge >= 0.3 is 5.97 Å². The Morgan fingerprint density at radius 2 is 1.90 bits per heavy atom. The minimum atomic E-state index is -1.72. The van der Waals surface area contributed by atoms with Crippen molar-refractivity contribution in [3.63, 3.8) is 0 Å². The largest absolute Gasteiger partial charge is 0.462 e. The van der Waals surface area contributed by atoms with E-state index >= 15 is 0 Å². The van der Waals surface area contributed by atoms with Gasteiger partial charge in [-0.3, -0.25) is 4.79 Å². The number of fused-ring (bicyclic) bond motifs is 2. The number of hydrogen-bond donors (Lipinski definition) is 3. The number of ether oxygens (including phenoxy) is 4. The van der Waals surface area contributed by atoms with Crippen molar-refractivity contribution in [1.82, 2.24) is 0 Å². The predicted octanol–water partition coefficient (Wildman–Crippen LogP) is 4.04. The minimum Gasteiger partial charge on any atom is -0.462 e. The second kappa shape index (κ2) is 11.1. The van der Waals surface area contributed by atoms with Crippen LogP contribution in [0.25, 0.3) is 0 Å². The first kappa shape index (κ1) is 29.7. The van der Waals surface area contributed by atoms with Crippen LogP contribution in [0, 0.1) is 11.8 Å². The van der Waals surface area contributed by atoms with Crippen LogP contribution in [0.3, 0.4) is 0 Å². The van der Waals surface area contributed by atoms with Crippen molar-refractivity contribution in [2.24, 2.45) is 11.8 Å². The van der Waals surface area contributed by atoms with Crippen molar-refractivity contribution in [1.29, 1.82) is 0 Å². The fourth-order valence-electron chi connectivity index (χ4n) is 7.23. The van der Waals surface area contributed by atoms with E-state index in [9.17, 15) is 20.1 Å². The van der Waals surface area contributed by atoms with Crippen molar-refractivity contribution in [3.05, 3.63) is 47.1 Å². The topological polar surface area (TPSA) is 115 Å². The van der Waals surface area contributed by atoms with Crippen LogP contribution in [-0.4, -0.2) is 75.4 Å². The highest BCUT2D eigenvalue weighted by Gasteiger charge is 2.60. The van der Waals surface area contributed by atoms with Gasteiger partial charge in [0.25, 0.3) is 0 Å². The van der Waals surface area contributed by atoms with Gasteiger partial charge in [-0.05, 0) is 63.5 Å². The van der Waals surface area contributed by atoms with Crippen LogP contribution >= 0.6 is 0 Å². The summed E-state index contributed by atoms with van der Waals surface area (Å²) in [6, 6.07) is 0. The number of rotatable bonds is 1. The molecule has 1 spiro atoms. The minimum absolute atomic E-state index is 0.120. The van der Waals surface area contributed by atoms with Crippen LogP contribution in [0.15, 0.2) is 47.1 Å². The molecule has 0 aromatic heterocycles. The molecule has 0 aromatic carbocycles. The monoisotopic (exact) mass is 558 g/mol. The summed E-state index contributed by atoms with van der Waals surface area (Å²) in [6.07, 6.45) is 10.6. The quantitative estimate of drug-likeness (QED) is 0.326. The highest BCUT2D eigenvalue weighted by molar-refractivity contribution is 5.78. The van der Waals surface area contributed by atoms with Gasteiger partial charge in [0.2, 0.25) is 0 Å². The van der Waals surface area contributed by atoms with E-state index in [4.69, 9.17) is 18.9 Å². The Labute approximate surface area is 237 Å². The third kappa shape index (κ3) is 5.51. The molecule has 8 nitrogen and oxygen atoms in total. The maximum absolute atomic E-state index is 13.9. The van der Waals surface area contributed by atoms with E-state index in [1.54, 1.807) is 19.9 Å². The fourth-order valence-corrected chi connectivity index (χ4v) is 7.23. The zero-order chi connectivity index (χ0) is 28.9. The molecule has 1 aliphatic carbocycles. The molecule has 0 amide bonds. The molecule has 2 bridgehead atoms. The fraction of sp³-hybridized carbons (Fsp3) is 0.719. The van der Waals surface area contributed by atoms with Gasteiger partial charge in [-0.25, -0.2) is 0 Å². The van der Waals surface area contributed by atoms with E-state index in [1.165, 1.54) is 5.57 Å². The van der Waals surface area contributed by atoms with Crippen molar-refractivity contribution < 1.29 is 39.1 Å². The summed E-state index contributed by atoms with van der Waals surface area (Å²) in [5, 5.41) is 33.8. The lowest BCUT2D eigenvalue weighted by molar-refractivity contribution is -0.353. The molecule has 0 radical (unpaired) electrons. The second-order valence-electron chi connectivity index (χ2n) is 13.0. The molecule has 0 unspecified atom stereocenters. The Morgan fingerprint density at radius 3 is 2.65 bits per heavy atom. The molecule has 0 saturated carbocycles. The Kier molecular flexibility index (Phi) is 8.25. The molecular weight excluding hydrogens is 512 g/mol. The highest BCUT2D eigenvalue weighted by Crippen LogP contribution is 2.47. The van der Waals surface area contributed by atoms with Crippen molar-refractivity contribution in [2.75, 3.05) is 6.61 Å². The van der Waals surface area contributed by atoms with Gasteiger partial charge in [-0.15, -0.1) is 0 Å². The van der Waals surface area contributed by atoms with Gasteiger partial charge in [-0.1, -0.05) is 49.8 Å². The molecule has 8 heteroatoms. The molecule has 222 valence electrons. The van der Waals surface area contributed by atoms with E-state index in [2.05, 4.69) is 26.0 Å². The Hall–Kier alpha value is -1.81. The van der Waals surface area contributed by atoms with Gasteiger partial charge in [0.05, 0.1) is 24.4 Å². The first-order chi connectivity index (χ1) is 18.9. The lowest BCUT2D eigenvalue weighted by atomic mass is 9.71. The maximum atomic E-state index is 13.9. The van der Waals surface area contributed by atoms with Crippen LogP contribution in [0.1, 0.15) is 79.6 Å². The Morgan fingerprint density at radius 1 is 1.12 bits per heavy atom. The average Bonchev–Trinajstić information content (AvgIpc) is 3.23. The van der Waals surface area contributed by atoms with E-state index in [0.717, 1.165) is 6.42 Å². The second-order valence-corrected chi connectivity index (χ2v) is 13.0. The third-order valence-electron chi connectivity index (χ3n) is 9.55. The first-order valence-corrected chi connectivity index (χ1v) is 14.9. The molecule has 5 rings (SSSR count). The van der Waals surface area contributed by atoms with Gasteiger partial charge in [0.1, 0.15) is 29.8 Å². The molecule has 5 aliphatic rings. The predicted molar refractivity (Wildman–Crippen MR) is 149 cm³/mol. The summed E-state index contributed by atoms with van der Waals surface area (Å²) in [7, 11) is 0. The number of hydrogen-bond acceptors (Lipinski definition) is 8. The average molecular weight is 559 g/mol. The molecule has 3 N–H and O–H groups in total. The van der Waals surface area contributed by atoms with Gasteiger partial charge in [0.15, 0.2) is 5.79 Å². The number of esters is 1. The van der Waals surface area contributed by atoms with E-state index in [0.29, 0.717) is 49.7 Å². The van der Waals surface area contributed by atoms with Crippen LogP contribution in [0.5, 0.6) is 0 Å². The van der Waals surface area contributed by atoms with Crippen LogP contribution in [0.4, 0.5) is 0 Å². The number of carbonyl (C=O) groups excluding carboxylic acids is 1. The van der Waals surface area contributed by atoms with Crippen LogP contribution in [0.2, 0.25) is 0 Å². The number of allylic oxidation sites excluding steroid dienone is 4. The van der Waals surface area contributed by atoms with Gasteiger partial charge < -0.3 is 34.3 Å². The lowest BCUT2D eigenvalue weighted by Crippen LogP contribution is -2.60. The zero-order valence-electron chi connectivity index (χ0n) is 24.5. The van der Waals surface area contributed by atoms with Gasteiger partial charge in [0, 0.05) is 19.3 Å². The molecular formula is C32H46O8. The van der Waals surface area contributed by atoms with Crippen molar-refractivity contribution >= 4 is 5.97 Å². The Bertz CT molecular complexity index is 1100. The van der Waals surface area contributed by atoms with E-state index in [-0.39, 0.29) is 18.6 Å². The molecule has 3 saturated heterocycles. The normalized spacial score (nSPS) is 49.6. The summed E-state index contributed by atoms with van der Waals surface area (Å²) < 4.78 is 25.2. The van der Waals surface area contributed by atoms with Gasteiger partial charge in [-0.2, -0.15) is 0 Å². The third-order valence-corrected chi connectivity index (χ3v) is 9.55. The number of aliphatic hydroxyl groups is 3. The zero-order valence-corrected chi connectivity index (χ0v) is 24.5. The van der Waals surface area contributed by atoms with Crippen molar-refractivity contribution in [3.8, 4) is 0 Å². The Balaban J connectivity index is 1.51. The van der Waals surface area contributed by atoms with Crippen LogP contribution in [-0.2, 0) is 23.7 Å².